The Morgan fingerprint density at radius 1 is 1.09 bits per heavy atom. The maximum atomic E-state index is 13.4. The van der Waals surface area contributed by atoms with Crippen molar-refractivity contribution in [3.05, 3.63) is 77.0 Å². The molecule has 0 radical (unpaired) electrons. The highest BCUT2D eigenvalue weighted by atomic mass is 19.1. The topological polar surface area (TPSA) is 117 Å². The summed E-state index contributed by atoms with van der Waals surface area (Å²) in [5, 5.41) is 15.6. The highest BCUT2D eigenvalue weighted by Crippen LogP contribution is 2.29. The van der Waals surface area contributed by atoms with Crippen LogP contribution < -0.4 is 16.4 Å². The number of aromatic nitrogens is 1. The van der Waals surface area contributed by atoms with Gasteiger partial charge in [-0.1, -0.05) is 13.0 Å². The van der Waals surface area contributed by atoms with Gasteiger partial charge in [0.1, 0.15) is 17.5 Å². The van der Waals surface area contributed by atoms with E-state index in [1.165, 1.54) is 0 Å². The molecule has 0 saturated heterocycles. The van der Waals surface area contributed by atoms with Crippen LogP contribution in [0.3, 0.4) is 0 Å². The van der Waals surface area contributed by atoms with Crippen LogP contribution in [0, 0.1) is 11.6 Å². The van der Waals surface area contributed by atoms with Crippen molar-refractivity contribution < 1.29 is 23.5 Å². The van der Waals surface area contributed by atoms with E-state index < -0.39 is 23.6 Å². The summed E-state index contributed by atoms with van der Waals surface area (Å²) in [5.74, 6) is -2.82. The maximum absolute atomic E-state index is 13.4. The second kappa shape index (κ2) is 10.4. The van der Waals surface area contributed by atoms with Crippen molar-refractivity contribution >= 4 is 23.3 Å². The molecule has 0 bridgehead atoms. The molecule has 2 amide bonds. The molecule has 0 spiro atoms. The largest absolute Gasteiger partial charge is 0.383 e. The number of anilines is 2. The van der Waals surface area contributed by atoms with E-state index in [0.717, 1.165) is 23.3 Å². The molecule has 1 aromatic heterocycles. The van der Waals surface area contributed by atoms with Gasteiger partial charge in [-0.2, -0.15) is 0 Å². The molecular formula is C25H26F2N4O3. The van der Waals surface area contributed by atoms with Gasteiger partial charge in [-0.15, -0.1) is 0 Å². The Hall–Kier alpha value is -3.85. The number of hydrogen-bond acceptors (Lipinski definition) is 5. The number of nitrogens with zero attached hydrogens (tertiary/aromatic N) is 1. The van der Waals surface area contributed by atoms with Gasteiger partial charge in [0.15, 0.2) is 6.10 Å². The number of rotatable bonds is 7. The van der Waals surface area contributed by atoms with Gasteiger partial charge >= 0.3 is 0 Å². The Kier molecular flexibility index (Phi) is 7.57. The van der Waals surface area contributed by atoms with Crippen molar-refractivity contribution in [2.75, 3.05) is 11.1 Å². The standard InChI is InChI=1S/C25H26F2N4O3/c1-4-14-9-19(31-25(34)22(32)15-7-17(26)11-18(27)8-15)5-6-20(14)16-10-21(23(28)29-12-16)24(33)30-13(2)3/h5-13,22,32H,4H2,1-3H3,(H2,28,29)(H,30,33)(H,31,34)/t22-/m1/s1. The van der Waals surface area contributed by atoms with Crippen LogP contribution >= 0.6 is 0 Å². The minimum absolute atomic E-state index is 0.0659. The summed E-state index contributed by atoms with van der Waals surface area (Å²) in [4.78, 5) is 29.1. The molecule has 3 aromatic rings. The number of aliphatic hydroxyl groups excluding tert-OH is 1. The number of carbonyl (C=O) groups is 2. The van der Waals surface area contributed by atoms with Gasteiger partial charge in [0, 0.05) is 29.6 Å². The Morgan fingerprint density at radius 2 is 1.76 bits per heavy atom. The second-order valence-corrected chi connectivity index (χ2v) is 8.11. The first-order valence-electron chi connectivity index (χ1n) is 10.7. The number of halogens is 2. The smallest absolute Gasteiger partial charge is 0.257 e. The summed E-state index contributed by atoms with van der Waals surface area (Å²) >= 11 is 0. The number of aliphatic hydroxyl groups is 1. The lowest BCUT2D eigenvalue weighted by molar-refractivity contribution is -0.124. The first kappa shape index (κ1) is 24.8. The molecule has 0 aliphatic heterocycles. The van der Waals surface area contributed by atoms with Crippen molar-refractivity contribution in [1.29, 1.82) is 0 Å². The predicted octanol–water partition coefficient (Wildman–Crippen LogP) is 3.98. The molecular weight excluding hydrogens is 442 g/mol. The number of nitrogens with one attached hydrogen (secondary N) is 2. The van der Waals surface area contributed by atoms with E-state index >= 15 is 0 Å². The molecule has 3 rings (SSSR count). The van der Waals surface area contributed by atoms with Gasteiger partial charge in [0.25, 0.3) is 11.8 Å². The molecule has 0 aliphatic rings. The minimum atomic E-state index is -1.75. The van der Waals surface area contributed by atoms with Gasteiger partial charge in [0.2, 0.25) is 0 Å². The zero-order chi connectivity index (χ0) is 25.0. The fourth-order valence-electron chi connectivity index (χ4n) is 3.49. The molecule has 1 heterocycles. The van der Waals surface area contributed by atoms with Crippen LogP contribution in [0.25, 0.3) is 11.1 Å². The van der Waals surface area contributed by atoms with Crippen LogP contribution in [0.1, 0.15) is 48.4 Å². The number of benzene rings is 2. The molecule has 0 fully saturated rings. The van der Waals surface area contributed by atoms with Crippen molar-refractivity contribution in [2.45, 2.75) is 39.3 Å². The fraction of sp³-hybridized carbons (Fsp3) is 0.240. The predicted molar refractivity (Wildman–Crippen MR) is 126 cm³/mol. The van der Waals surface area contributed by atoms with Gasteiger partial charge in [0.05, 0.1) is 5.56 Å². The Balaban J connectivity index is 1.86. The van der Waals surface area contributed by atoms with Gasteiger partial charge in [-0.3, -0.25) is 9.59 Å². The summed E-state index contributed by atoms with van der Waals surface area (Å²) in [6.45, 7) is 5.61. The van der Waals surface area contributed by atoms with E-state index in [0.29, 0.717) is 23.7 Å². The number of amides is 2. The lowest BCUT2D eigenvalue weighted by Gasteiger charge is -2.15. The average molecular weight is 469 g/mol. The van der Waals surface area contributed by atoms with Gasteiger partial charge in [-0.05, 0) is 67.3 Å². The molecule has 178 valence electrons. The number of carbonyl (C=O) groups excluding carboxylic acids is 2. The third-order valence-corrected chi connectivity index (χ3v) is 5.10. The van der Waals surface area contributed by atoms with E-state index in [1.807, 2.05) is 20.8 Å². The monoisotopic (exact) mass is 468 g/mol. The molecule has 1 atom stereocenters. The summed E-state index contributed by atoms with van der Waals surface area (Å²) in [6.07, 6.45) is 0.406. The lowest BCUT2D eigenvalue weighted by Crippen LogP contribution is -2.30. The number of aryl methyl sites for hydroxylation is 1. The first-order chi connectivity index (χ1) is 16.1. The molecule has 34 heavy (non-hydrogen) atoms. The third-order valence-electron chi connectivity index (χ3n) is 5.10. The number of nitrogens with two attached hydrogens (primary N) is 1. The zero-order valence-corrected chi connectivity index (χ0v) is 19.0. The quantitative estimate of drug-likeness (QED) is 0.418. The number of hydrogen-bond donors (Lipinski definition) is 4. The highest BCUT2D eigenvalue weighted by Gasteiger charge is 2.20. The second-order valence-electron chi connectivity index (χ2n) is 8.11. The molecule has 7 nitrogen and oxygen atoms in total. The van der Waals surface area contributed by atoms with E-state index in [4.69, 9.17) is 5.73 Å². The van der Waals surface area contributed by atoms with Crippen LogP contribution in [0.4, 0.5) is 20.3 Å². The SMILES string of the molecule is CCc1cc(NC(=O)[C@H](O)c2cc(F)cc(F)c2)ccc1-c1cnc(N)c(C(=O)NC(C)C)c1. The van der Waals surface area contributed by atoms with Crippen LogP contribution in [0.5, 0.6) is 0 Å². The minimum Gasteiger partial charge on any atom is -0.383 e. The fourth-order valence-corrected chi connectivity index (χ4v) is 3.49. The van der Waals surface area contributed by atoms with Crippen molar-refractivity contribution in [3.8, 4) is 11.1 Å². The van der Waals surface area contributed by atoms with Gasteiger partial charge in [-0.25, -0.2) is 13.8 Å². The van der Waals surface area contributed by atoms with Crippen LogP contribution in [-0.2, 0) is 11.2 Å². The molecule has 0 saturated carbocycles. The molecule has 0 aliphatic carbocycles. The Morgan fingerprint density at radius 3 is 2.38 bits per heavy atom. The first-order valence-corrected chi connectivity index (χ1v) is 10.7. The summed E-state index contributed by atoms with van der Waals surface area (Å²) in [7, 11) is 0. The van der Waals surface area contributed by atoms with E-state index in [1.54, 1.807) is 30.5 Å². The summed E-state index contributed by atoms with van der Waals surface area (Å²) in [6, 6.07) is 9.14. The molecule has 0 unspecified atom stereocenters. The molecule has 5 N–H and O–H groups in total. The van der Waals surface area contributed by atoms with Crippen LogP contribution in [0.15, 0.2) is 48.7 Å². The highest BCUT2D eigenvalue weighted by molar-refractivity contribution is 6.00. The summed E-state index contributed by atoms with van der Waals surface area (Å²) in [5.41, 5.74) is 8.66. The van der Waals surface area contributed by atoms with Crippen molar-refractivity contribution in [2.24, 2.45) is 0 Å². The van der Waals surface area contributed by atoms with Crippen molar-refractivity contribution in [3.63, 3.8) is 0 Å². The number of nitrogen functional groups attached to an aromatic ring is 1. The van der Waals surface area contributed by atoms with Crippen LogP contribution in [0.2, 0.25) is 0 Å². The molecule has 9 heteroatoms. The van der Waals surface area contributed by atoms with E-state index in [-0.39, 0.29) is 28.9 Å². The third kappa shape index (κ3) is 5.74. The lowest BCUT2D eigenvalue weighted by atomic mass is 9.97. The average Bonchev–Trinajstić information content (AvgIpc) is 2.77. The normalized spacial score (nSPS) is 11.9. The van der Waals surface area contributed by atoms with Crippen LogP contribution in [-0.4, -0.2) is 27.9 Å². The van der Waals surface area contributed by atoms with E-state index in [9.17, 15) is 23.5 Å². The van der Waals surface area contributed by atoms with Gasteiger partial charge < -0.3 is 21.5 Å². The summed E-state index contributed by atoms with van der Waals surface area (Å²) < 4.78 is 26.9. The zero-order valence-electron chi connectivity index (χ0n) is 19.0. The Labute approximate surface area is 196 Å². The Bertz CT molecular complexity index is 1210. The van der Waals surface area contributed by atoms with Crippen molar-refractivity contribution in [1.82, 2.24) is 10.3 Å². The number of pyridine rings is 1. The van der Waals surface area contributed by atoms with E-state index in [2.05, 4.69) is 15.6 Å². The maximum Gasteiger partial charge on any atom is 0.257 e. The molecule has 2 aromatic carbocycles.